The number of benzene rings is 1. The number of ether oxygens (including phenoxy) is 1. The van der Waals surface area contributed by atoms with Crippen LogP contribution < -0.4 is 4.90 Å². The topological polar surface area (TPSA) is 49.8 Å². The lowest BCUT2D eigenvalue weighted by atomic mass is 9.86. The van der Waals surface area contributed by atoms with Gasteiger partial charge in [0.2, 0.25) is 0 Å². The zero-order valence-corrected chi connectivity index (χ0v) is 11.6. The van der Waals surface area contributed by atoms with Gasteiger partial charge in [-0.1, -0.05) is 12.1 Å². The Hall–Kier alpha value is -1.55. The molecule has 19 heavy (non-hydrogen) atoms. The second-order valence-corrected chi connectivity index (χ2v) is 5.64. The highest BCUT2D eigenvalue weighted by Gasteiger charge is 2.27. The van der Waals surface area contributed by atoms with E-state index in [0.29, 0.717) is 6.42 Å². The normalized spacial score (nSPS) is 16.4. The summed E-state index contributed by atoms with van der Waals surface area (Å²) < 4.78 is 5.34. The van der Waals surface area contributed by atoms with Gasteiger partial charge >= 0.3 is 5.97 Å². The molecule has 0 aliphatic carbocycles. The molecular weight excluding hydrogens is 242 g/mol. The molecule has 1 aliphatic heterocycles. The average Bonchev–Trinajstić information content (AvgIpc) is 2.39. The number of nitrogens with zero attached hydrogens (tertiary/aromatic N) is 1. The quantitative estimate of drug-likeness (QED) is 0.904. The Morgan fingerprint density at radius 2 is 2.05 bits per heavy atom. The van der Waals surface area contributed by atoms with Crippen LogP contribution >= 0.6 is 0 Å². The van der Waals surface area contributed by atoms with Crippen molar-refractivity contribution in [1.29, 1.82) is 0 Å². The molecule has 2 rings (SSSR count). The van der Waals surface area contributed by atoms with Crippen LogP contribution in [0.5, 0.6) is 0 Å². The van der Waals surface area contributed by atoms with Crippen molar-refractivity contribution < 1.29 is 14.6 Å². The van der Waals surface area contributed by atoms with Gasteiger partial charge in [-0.2, -0.15) is 0 Å². The lowest BCUT2D eigenvalue weighted by Crippen LogP contribution is -2.36. The van der Waals surface area contributed by atoms with Crippen LogP contribution in [0.15, 0.2) is 24.3 Å². The van der Waals surface area contributed by atoms with Crippen LogP contribution in [0.25, 0.3) is 0 Å². The van der Waals surface area contributed by atoms with Crippen molar-refractivity contribution in [3.05, 3.63) is 29.8 Å². The smallest absolute Gasteiger partial charge is 0.309 e. The average molecular weight is 263 g/mol. The summed E-state index contributed by atoms with van der Waals surface area (Å²) in [4.78, 5) is 13.5. The van der Waals surface area contributed by atoms with Crippen LogP contribution in [-0.4, -0.2) is 37.4 Å². The highest BCUT2D eigenvalue weighted by molar-refractivity contribution is 5.74. The molecule has 0 saturated carbocycles. The number of hydrogen-bond acceptors (Lipinski definition) is 3. The Bertz CT molecular complexity index is 450. The van der Waals surface area contributed by atoms with E-state index < -0.39 is 11.4 Å². The van der Waals surface area contributed by atoms with E-state index in [-0.39, 0.29) is 0 Å². The third kappa shape index (κ3) is 3.47. The fourth-order valence-electron chi connectivity index (χ4n) is 2.27. The fourth-order valence-corrected chi connectivity index (χ4v) is 2.27. The SMILES string of the molecule is CC(C)(Cc1cccc(N2CCOCC2)c1)C(=O)O. The first-order valence-electron chi connectivity index (χ1n) is 6.64. The Morgan fingerprint density at radius 1 is 1.37 bits per heavy atom. The zero-order chi connectivity index (χ0) is 13.9. The fraction of sp³-hybridized carbons (Fsp3) is 0.533. The maximum absolute atomic E-state index is 11.2. The van der Waals surface area contributed by atoms with Crippen molar-refractivity contribution in [3.8, 4) is 0 Å². The van der Waals surface area contributed by atoms with E-state index in [1.54, 1.807) is 13.8 Å². The first-order chi connectivity index (χ1) is 8.99. The van der Waals surface area contributed by atoms with Crippen LogP contribution in [0, 0.1) is 5.41 Å². The summed E-state index contributed by atoms with van der Waals surface area (Å²) >= 11 is 0. The molecule has 1 heterocycles. The molecule has 1 fully saturated rings. The van der Waals surface area contributed by atoms with Crippen molar-refractivity contribution >= 4 is 11.7 Å². The number of carbonyl (C=O) groups is 1. The predicted octanol–water partition coefficient (Wildman–Crippen LogP) is 2.18. The molecule has 0 amide bonds. The van der Waals surface area contributed by atoms with Gasteiger partial charge in [0.05, 0.1) is 18.6 Å². The largest absolute Gasteiger partial charge is 0.481 e. The minimum absolute atomic E-state index is 0.542. The van der Waals surface area contributed by atoms with E-state index in [0.717, 1.165) is 37.6 Å². The molecule has 104 valence electrons. The van der Waals surface area contributed by atoms with Gasteiger partial charge in [-0.05, 0) is 38.0 Å². The van der Waals surface area contributed by atoms with E-state index in [9.17, 15) is 9.90 Å². The summed E-state index contributed by atoms with van der Waals surface area (Å²) in [6.07, 6.45) is 0.542. The minimum atomic E-state index is -0.760. The lowest BCUT2D eigenvalue weighted by Gasteiger charge is -2.29. The van der Waals surface area contributed by atoms with Gasteiger partial charge in [0, 0.05) is 18.8 Å². The summed E-state index contributed by atoms with van der Waals surface area (Å²) in [5, 5.41) is 9.19. The zero-order valence-electron chi connectivity index (χ0n) is 11.6. The van der Waals surface area contributed by atoms with E-state index in [4.69, 9.17) is 4.74 Å². The molecule has 0 radical (unpaired) electrons. The molecule has 1 N–H and O–H groups in total. The van der Waals surface area contributed by atoms with Crippen molar-refractivity contribution in [2.75, 3.05) is 31.2 Å². The van der Waals surface area contributed by atoms with Crippen molar-refractivity contribution in [2.45, 2.75) is 20.3 Å². The van der Waals surface area contributed by atoms with Gasteiger partial charge in [0.1, 0.15) is 0 Å². The summed E-state index contributed by atoms with van der Waals surface area (Å²) in [6.45, 7) is 6.82. The number of anilines is 1. The first-order valence-corrected chi connectivity index (χ1v) is 6.64. The minimum Gasteiger partial charge on any atom is -0.481 e. The molecule has 1 aliphatic rings. The van der Waals surface area contributed by atoms with Crippen LogP contribution in [-0.2, 0) is 16.0 Å². The van der Waals surface area contributed by atoms with Gasteiger partial charge in [0.15, 0.2) is 0 Å². The van der Waals surface area contributed by atoms with Crippen molar-refractivity contribution in [3.63, 3.8) is 0 Å². The Balaban J connectivity index is 2.12. The number of carboxylic acid groups (broad SMARTS) is 1. The van der Waals surface area contributed by atoms with Crippen LogP contribution in [0.3, 0.4) is 0 Å². The standard InChI is InChI=1S/C15H21NO3/c1-15(2,14(17)18)11-12-4-3-5-13(10-12)16-6-8-19-9-7-16/h3-5,10H,6-9,11H2,1-2H3,(H,17,18). The van der Waals surface area contributed by atoms with Gasteiger partial charge < -0.3 is 14.7 Å². The Labute approximate surface area is 114 Å². The maximum Gasteiger partial charge on any atom is 0.309 e. The molecule has 1 saturated heterocycles. The third-order valence-corrected chi connectivity index (χ3v) is 3.51. The highest BCUT2D eigenvalue weighted by Crippen LogP contribution is 2.25. The molecule has 0 spiro atoms. The molecule has 1 aromatic rings. The summed E-state index contributed by atoms with van der Waals surface area (Å²) in [6, 6.07) is 8.16. The maximum atomic E-state index is 11.2. The summed E-state index contributed by atoms with van der Waals surface area (Å²) in [7, 11) is 0. The van der Waals surface area contributed by atoms with Crippen molar-refractivity contribution in [1.82, 2.24) is 0 Å². The number of hydrogen-bond donors (Lipinski definition) is 1. The third-order valence-electron chi connectivity index (χ3n) is 3.51. The molecule has 1 aromatic carbocycles. The first kappa shape index (κ1) is 13.9. The monoisotopic (exact) mass is 263 g/mol. The predicted molar refractivity (Wildman–Crippen MR) is 74.6 cm³/mol. The molecule has 0 aromatic heterocycles. The van der Waals surface area contributed by atoms with Crippen molar-refractivity contribution in [2.24, 2.45) is 5.41 Å². The number of aliphatic carboxylic acids is 1. The van der Waals surface area contributed by atoms with Gasteiger partial charge in [-0.25, -0.2) is 0 Å². The Kier molecular flexibility index (Phi) is 4.10. The number of morpholine rings is 1. The van der Waals surface area contributed by atoms with Crippen LogP contribution in [0.1, 0.15) is 19.4 Å². The van der Waals surface area contributed by atoms with E-state index in [1.807, 2.05) is 12.1 Å². The van der Waals surface area contributed by atoms with E-state index >= 15 is 0 Å². The number of rotatable bonds is 4. The van der Waals surface area contributed by atoms with E-state index in [1.165, 1.54) is 0 Å². The highest BCUT2D eigenvalue weighted by atomic mass is 16.5. The molecular formula is C15H21NO3. The van der Waals surface area contributed by atoms with Gasteiger partial charge in [0.25, 0.3) is 0 Å². The summed E-state index contributed by atoms with van der Waals surface area (Å²) in [5.41, 5.74) is 1.49. The van der Waals surface area contributed by atoms with Crippen LogP contribution in [0.4, 0.5) is 5.69 Å². The molecule has 0 unspecified atom stereocenters. The second kappa shape index (κ2) is 5.61. The summed E-state index contributed by atoms with van der Waals surface area (Å²) in [5.74, 6) is -0.760. The Morgan fingerprint density at radius 3 is 2.68 bits per heavy atom. The lowest BCUT2D eigenvalue weighted by molar-refractivity contribution is -0.146. The molecule has 4 heteroatoms. The van der Waals surface area contributed by atoms with Gasteiger partial charge in [-0.3, -0.25) is 4.79 Å². The molecule has 4 nitrogen and oxygen atoms in total. The molecule has 0 atom stereocenters. The van der Waals surface area contributed by atoms with Gasteiger partial charge in [-0.15, -0.1) is 0 Å². The van der Waals surface area contributed by atoms with E-state index in [2.05, 4.69) is 17.0 Å². The number of carboxylic acids is 1. The second-order valence-electron chi connectivity index (χ2n) is 5.64. The van der Waals surface area contributed by atoms with Crippen LogP contribution in [0.2, 0.25) is 0 Å². The molecule has 0 bridgehead atoms.